The van der Waals surface area contributed by atoms with E-state index in [2.05, 4.69) is 17.4 Å². The molecule has 45 heavy (non-hydrogen) atoms. The van der Waals surface area contributed by atoms with Crippen LogP contribution in [-0.4, -0.2) is 33.1 Å². The minimum Gasteiger partial charge on any atom is -0.497 e. The van der Waals surface area contributed by atoms with Gasteiger partial charge >= 0.3 is 0 Å². The van der Waals surface area contributed by atoms with E-state index in [9.17, 15) is 9.59 Å². The molecule has 1 heterocycles. The highest BCUT2D eigenvalue weighted by atomic mass is 35.5. The highest BCUT2D eigenvalue weighted by Crippen LogP contribution is 2.61. The molecule has 3 aromatic carbocycles. The van der Waals surface area contributed by atoms with Crippen molar-refractivity contribution in [3.8, 4) is 17.2 Å². The summed E-state index contributed by atoms with van der Waals surface area (Å²) < 4.78 is 16.4. The van der Waals surface area contributed by atoms with Crippen molar-refractivity contribution in [2.75, 3.05) is 31.5 Å². The van der Waals surface area contributed by atoms with Crippen LogP contribution in [0.15, 0.2) is 60.7 Å². The molecule has 4 bridgehead atoms. The first kappa shape index (κ1) is 30.0. The summed E-state index contributed by atoms with van der Waals surface area (Å²) >= 11 is 6.93. The number of piperidine rings is 1. The fourth-order valence-electron chi connectivity index (χ4n) is 9.27. The zero-order chi connectivity index (χ0) is 31.3. The molecule has 0 aromatic heterocycles. The van der Waals surface area contributed by atoms with Gasteiger partial charge in [0, 0.05) is 12.1 Å². The van der Waals surface area contributed by atoms with Crippen LogP contribution in [-0.2, 0) is 15.0 Å². The summed E-state index contributed by atoms with van der Waals surface area (Å²) in [6.45, 7) is 0. The zero-order valence-electron chi connectivity index (χ0n) is 26.2. The predicted octanol–water partition coefficient (Wildman–Crippen LogP) is 7.96. The second-order valence-electron chi connectivity index (χ2n) is 13.5. The number of carbonyl (C=O) groups is 2. The maximum absolute atomic E-state index is 14.2. The van der Waals surface area contributed by atoms with E-state index in [0.29, 0.717) is 40.1 Å². The Bertz CT molecular complexity index is 1570. The molecule has 2 unspecified atom stereocenters. The standard InChI is InChI=1S/C37H41ClN2O5/c1-43-28-8-6-27(7-9-28)40-34(41)13-10-29(35(40)25-4-12-32(44-2)33(17-25)45-3)36(42)39-31-11-5-26(18-30(31)38)37-19-22-14-23(20-37)16-24(15-22)21-37/h4-9,11-12,17-18,22-24,29,35H,10,13-16,19-21H2,1-3H3,(H,39,42). The number of amides is 2. The molecule has 4 aliphatic carbocycles. The van der Waals surface area contributed by atoms with Crippen molar-refractivity contribution < 1.29 is 23.8 Å². The number of ether oxygens (including phenoxy) is 3. The van der Waals surface area contributed by atoms with E-state index in [-0.39, 0.29) is 23.7 Å². The van der Waals surface area contributed by atoms with Crippen LogP contribution in [0.1, 0.15) is 68.5 Å². The van der Waals surface area contributed by atoms with E-state index in [1.54, 1.807) is 26.2 Å². The van der Waals surface area contributed by atoms with Gasteiger partial charge in [-0.05, 0) is 128 Å². The quantitative estimate of drug-likeness (QED) is 0.274. The van der Waals surface area contributed by atoms with Crippen LogP contribution >= 0.6 is 11.6 Å². The molecule has 1 N–H and O–H groups in total. The Labute approximate surface area is 270 Å². The van der Waals surface area contributed by atoms with Gasteiger partial charge in [0.05, 0.1) is 44.0 Å². The van der Waals surface area contributed by atoms with Crippen LogP contribution in [0.2, 0.25) is 5.02 Å². The lowest BCUT2D eigenvalue weighted by molar-refractivity contribution is -0.125. The number of halogens is 1. The van der Waals surface area contributed by atoms with E-state index < -0.39 is 12.0 Å². The second kappa shape index (κ2) is 11.9. The molecule has 5 fully saturated rings. The highest BCUT2D eigenvalue weighted by molar-refractivity contribution is 6.33. The van der Waals surface area contributed by atoms with Gasteiger partial charge in [0.1, 0.15) is 5.75 Å². The van der Waals surface area contributed by atoms with Crippen molar-refractivity contribution in [1.82, 2.24) is 0 Å². The van der Waals surface area contributed by atoms with Crippen LogP contribution in [0, 0.1) is 23.7 Å². The van der Waals surface area contributed by atoms with Gasteiger partial charge < -0.3 is 24.4 Å². The van der Waals surface area contributed by atoms with Crippen molar-refractivity contribution in [2.45, 2.75) is 62.8 Å². The van der Waals surface area contributed by atoms with Gasteiger partial charge in [-0.25, -0.2) is 0 Å². The summed E-state index contributed by atoms with van der Waals surface area (Å²) in [7, 11) is 4.77. The van der Waals surface area contributed by atoms with E-state index in [1.165, 1.54) is 44.1 Å². The Morgan fingerprint density at radius 2 is 1.51 bits per heavy atom. The molecule has 0 spiro atoms. The summed E-state index contributed by atoms with van der Waals surface area (Å²) in [6, 6.07) is 18.6. The smallest absolute Gasteiger partial charge is 0.229 e. The molecule has 5 aliphatic rings. The monoisotopic (exact) mass is 628 g/mol. The average Bonchev–Trinajstić information content (AvgIpc) is 3.04. The first-order chi connectivity index (χ1) is 21.8. The molecule has 8 rings (SSSR count). The van der Waals surface area contributed by atoms with Crippen molar-refractivity contribution in [1.29, 1.82) is 0 Å². The summed E-state index contributed by atoms with van der Waals surface area (Å²) in [6.07, 6.45) is 8.58. The summed E-state index contributed by atoms with van der Waals surface area (Å²) in [5.41, 5.74) is 3.62. The summed E-state index contributed by atoms with van der Waals surface area (Å²) in [5.74, 6) is 3.54. The third kappa shape index (κ3) is 5.43. The first-order valence-electron chi connectivity index (χ1n) is 16.1. The van der Waals surface area contributed by atoms with E-state index in [0.717, 1.165) is 23.3 Å². The molecule has 1 aliphatic heterocycles. The average molecular weight is 629 g/mol. The molecule has 236 valence electrons. The van der Waals surface area contributed by atoms with Crippen molar-refractivity contribution in [2.24, 2.45) is 23.7 Å². The maximum Gasteiger partial charge on any atom is 0.229 e. The Kier molecular flexibility index (Phi) is 7.93. The van der Waals surface area contributed by atoms with E-state index >= 15 is 0 Å². The Balaban J connectivity index is 1.20. The van der Waals surface area contributed by atoms with Crippen molar-refractivity contribution in [3.05, 3.63) is 76.8 Å². The zero-order valence-corrected chi connectivity index (χ0v) is 26.9. The SMILES string of the molecule is COc1ccc(N2C(=O)CCC(C(=O)Nc3ccc(C45CC6CC(CC(C6)C4)C5)cc3Cl)C2c2ccc(OC)c(OC)c2)cc1. The van der Waals surface area contributed by atoms with Gasteiger partial charge in [-0.2, -0.15) is 0 Å². The number of hydrogen-bond acceptors (Lipinski definition) is 5. The van der Waals surface area contributed by atoms with Gasteiger partial charge in [0.25, 0.3) is 0 Å². The Morgan fingerprint density at radius 3 is 2.11 bits per heavy atom. The van der Waals surface area contributed by atoms with Crippen LogP contribution in [0.4, 0.5) is 11.4 Å². The van der Waals surface area contributed by atoms with Crippen LogP contribution in [0.3, 0.4) is 0 Å². The van der Waals surface area contributed by atoms with Gasteiger partial charge in [0.2, 0.25) is 11.8 Å². The maximum atomic E-state index is 14.2. The molecular weight excluding hydrogens is 588 g/mol. The first-order valence-corrected chi connectivity index (χ1v) is 16.5. The second-order valence-corrected chi connectivity index (χ2v) is 14.0. The van der Waals surface area contributed by atoms with Gasteiger partial charge in [-0.1, -0.05) is 23.7 Å². The lowest BCUT2D eigenvalue weighted by Crippen LogP contribution is -2.48. The number of methoxy groups -OCH3 is 3. The highest BCUT2D eigenvalue weighted by Gasteiger charge is 2.51. The number of rotatable bonds is 8. The minimum atomic E-state index is -0.579. The van der Waals surface area contributed by atoms with E-state index in [4.69, 9.17) is 25.8 Å². The number of anilines is 2. The largest absolute Gasteiger partial charge is 0.497 e. The molecule has 4 saturated carbocycles. The number of hydrogen-bond donors (Lipinski definition) is 1. The molecular formula is C37H41ClN2O5. The van der Waals surface area contributed by atoms with Crippen LogP contribution in [0.25, 0.3) is 0 Å². The molecule has 0 radical (unpaired) electrons. The van der Waals surface area contributed by atoms with Crippen LogP contribution < -0.4 is 24.4 Å². The molecule has 8 heteroatoms. The fraction of sp³-hybridized carbons (Fsp3) is 0.459. The number of nitrogens with zero attached hydrogens (tertiary/aromatic N) is 1. The van der Waals surface area contributed by atoms with Gasteiger partial charge in [-0.3, -0.25) is 9.59 Å². The lowest BCUT2D eigenvalue weighted by atomic mass is 9.48. The number of carbonyl (C=O) groups excluding carboxylic acids is 2. The van der Waals surface area contributed by atoms with E-state index in [1.807, 2.05) is 48.5 Å². The van der Waals surface area contributed by atoms with Crippen LogP contribution in [0.5, 0.6) is 17.2 Å². The Hall–Kier alpha value is -3.71. The third-order valence-electron chi connectivity index (χ3n) is 10.9. The summed E-state index contributed by atoms with van der Waals surface area (Å²) in [4.78, 5) is 29.5. The van der Waals surface area contributed by atoms with Crippen molar-refractivity contribution in [3.63, 3.8) is 0 Å². The summed E-state index contributed by atoms with van der Waals surface area (Å²) in [5, 5.41) is 3.72. The normalized spacial score (nSPS) is 28.6. The lowest BCUT2D eigenvalue weighted by Gasteiger charge is -2.57. The number of nitrogens with one attached hydrogen (secondary N) is 1. The van der Waals surface area contributed by atoms with Gasteiger partial charge in [0.15, 0.2) is 11.5 Å². The Morgan fingerprint density at radius 1 is 0.844 bits per heavy atom. The fourth-order valence-corrected chi connectivity index (χ4v) is 9.50. The van der Waals surface area contributed by atoms with Crippen molar-refractivity contribution >= 4 is 34.8 Å². The topological polar surface area (TPSA) is 77.1 Å². The third-order valence-corrected chi connectivity index (χ3v) is 11.2. The predicted molar refractivity (Wildman–Crippen MR) is 175 cm³/mol. The molecule has 3 aromatic rings. The molecule has 2 amide bonds. The molecule has 7 nitrogen and oxygen atoms in total. The van der Waals surface area contributed by atoms with Gasteiger partial charge in [-0.15, -0.1) is 0 Å². The number of benzene rings is 3. The molecule has 1 saturated heterocycles. The minimum absolute atomic E-state index is 0.0537. The molecule has 2 atom stereocenters.